The van der Waals surface area contributed by atoms with Crippen LogP contribution in [0.5, 0.6) is 11.5 Å². The maximum absolute atomic E-state index is 12.4. The van der Waals surface area contributed by atoms with Crippen LogP contribution in [0, 0.1) is 0 Å². The van der Waals surface area contributed by atoms with Crippen LogP contribution < -0.4 is 9.47 Å². The highest BCUT2D eigenvalue weighted by atomic mass is 16.5. The van der Waals surface area contributed by atoms with Gasteiger partial charge in [0.25, 0.3) is 0 Å². The Balaban J connectivity index is 1.98. The monoisotopic (exact) mass is 339 g/mol. The van der Waals surface area contributed by atoms with E-state index in [4.69, 9.17) is 9.47 Å². The molecule has 0 saturated carbocycles. The SMILES string of the molecule is COc1ccccc1C(=O)C=Cc1cccc(OCCCN(C)C)c1. The molecule has 0 N–H and O–H groups in total. The number of ketones is 1. The van der Waals surface area contributed by atoms with Crippen molar-refractivity contribution < 1.29 is 14.3 Å². The fourth-order valence-electron chi connectivity index (χ4n) is 2.39. The summed E-state index contributed by atoms with van der Waals surface area (Å²) in [7, 11) is 5.65. The van der Waals surface area contributed by atoms with Crippen LogP contribution in [0.3, 0.4) is 0 Å². The van der Waals surface area contributed by atoms with Gasteiger partial charge in [-0.15, -0.1) is 0 Å². The number of hydrogen-bond donors (Lipinski definition) is 0. The minimum atomic E-state index is -0.0882. The molecule has 4 nitrogen and oxygen atoms in total. The summed E-state index contributed by atoms with van der Waals surface area (Å²) >= 11 is 0. The smallest absolute Gasteiger partial charge is 0.189 e. The van der Waals surface area contributed by atoms with Crippen molar-refractivity contribution in [3.05, 3.63) is 65.7 Å². The first kappa shape index (κ1) is 18.7. The van der Waals surface area contributed by atoms with Crippen LogP contribution in [-0.4, -0.2) is 45.0 Å². The van der Waals surface area contributed by atoms with E-state index < -0.39 is 0 Å². The quantitative estimate of drug-likeness (QED) is 0.394. The van der Waals surface area contributed by atoms with E-state index in [1.54, 1.807) is 31.4 Å². The van der Waals surface area contributed by atoms with E-state index in [-0.39, 0.29) is 5.78 Å². The fraction of sp³-hybridized carbons (Fsp3) is 0.286. The number of nitrogens with zero attached hydrogens (tertiary/aromatic N) is 1. The molecule has 0 bridgehead atoms. The lowest BCUT2D eigenvalue weighted by atomic mass is 10.1. The number of para-hydroxylation sites is 1. The Morgan fingerprint density at radius 3 is 2.68 bits per heavy atom. The summed E-state index contributed by atoms with van der Waals surface area (Å²) in [6.45, 7) is 1.67. The second-order valence-electron chi connectivity index (χ2n) is 5.98. The molecule has 0 fully saturated rings. The van der Waals surface area contributed by atoms with Crippen LogP contribution in [0.1, 0.15) is 22.3 Å². The standard InChI is InChI=1S/C21H25NO3/c1-22(2)14-7-15-25-18-9-6-8-17(16-18)12-13-20(23)19-10-4-5-11-21(19)24-3/h4-6,8-13,16H,7,14-15H2,1-3H3. The first-order valence-corrected chi connectivity index (χ1v) is 8.33. The molecule has 0 saturated heterocycles. The molecule has 0 radical (unpaired) electrons. The molecule has 2 aromatic rings. The molecule has 0 aromatic heterocycles. The van der Waals surface area contributed by atoms with Gasteiger partial charge in [0.05, 0.1) is 19.3 Å². The average Bonchev–Trinajstić information content (AvgIpc) is 2.63. The molecule has 0 aliphatic heterocycles. The number of rotatable bonds is 9. The normalized spacial score (nSPS) is 11.0. The van der Waals surface area contributed by atoms with Crippen molar-refractivity contribution in [2.75, 3.05) is 34.4 Å². The van der Waals surface area contributed by atoms with Crippen molar-refractivity contribution in [1.29, 1.82) is 0 Å². The van der Waals surface area contributed by atoms with E-state index in [0.29, 0.717) is 17.9 Å². The maximum atomic E-state index is 12.4. The van der Waals surface area contributed by atoms with Gasteiger partial charge in [-0.25, -0.2) is 0 Å². The second-order valence-corrected chi connectivity index (χ2v) is 5.98. The van der Waals surface area contributed by atoms with Crippen molar-refractivity contribution in [3.63, 3.8) is 0 Å². The zero-order valence-electron chi connectivity index (χ0n) is 15.1. The fourth-order valence-corrected chi connectivity index (χ4v) is 2.39. The number of methoxy groups -OCH3 is 1. The van der Waals surface area contributed by atoms with Gasteiger partial charge >= 0.3 is 0 Å². The van der Waals surface area contributed by atoms with Gasteiger partial charge in [-0.05, 0) is 56.4 Å². The van der Waals surface area contributed by atoms with E-state index in [9.17, 15) is 4.79 Å². The zero-order valence-corrected chi connectivity index (χ0v) is 15.1. The van der Waals surface area contributed by atoms with E-state index in [1.165, 1.54) is 0 Å². The Morgan fingerprint density at radius 2 is 1.92 bits per heavy atom. The number of allylic oxidation sites excluding steroid dienone is 1. The highest BCUT2D eigenvalue weighted by Gasteiger charge is 2.08. The lowest BCUT2D eigenvalue weighted by molar-refractivity contribution is 0.104. The van der Waals surface area contributed by atoms with E-state index in [0.717, 1.165) is 24.3 Å². The summed E-state index contributed by atoms with van der Waals surface area (Å²) in [6.07, 6.45) is 4.32. The van der Waals surface area contributed by atoms with E-state index in [2.05, 4.69) is 4.90 Å². The molecule has 25 heavy (non-hydrogen) atoms. The minimum Gasteiger partial charge on any atom is -0.496 e. The first-order valence-electron chi connectivity index (χ1n) is 8.33. The Bertz CT molecular complexity index is 723. The largest absolute Gasteiger partial charge is 0.496 e. The molecule has 2 aromatic carbocycles. The topological polar surface area (TPSA) is 38.8 Å². The molecule has 0 atom stereocenters. The Labute approximate surface area is 149 Å². The predicted octanol–water partition coefficient (Wildman–Crippen LogP) is 3.92. The summed E-state index contributed by atoms with van der Waals surface area (Å²) in [4.78, 5) is 14.5. The third-order valence-electron chi connectivity index (χ3n) is 3.68. The number of carbonyl (C=O) groups is 1. The average molecular weight is 339 g/mol. The lowest BCUT2D eigenvalue weighted by Crippen LogP contribution is -2.15. The van der Waals surface area contributed by atoms with Crippen molar-refractivity contribution >= 4 is 11.9 Å². The summed E-state index contributed by atoms with van der Waals surface area (Å²) in [6, 6.07) is 14.9. The van der Waals surface area contributed by atoms with Crippen LogP contribution in [-0.2, 0) is 0 Å². The molecule has 0 heterocycles. The van der Waals surface area contributed by atoms with E-state index >= 15 is 0 Å². The molecule has 0 aliphatic carbocycles. The van der Waals surface area contributed by atoms with Gasteiger partial charge in [-0.3, -0.25) is 4.79 Å². The molecule has 0 spiro atoms. The molecule has 2 rings (SSSR count). The van der Waals surface area contributed by atoms with Gasteiger partial charge in [-0.1, -0.05) is 30.3 Å². The van der Waals surface area contributed by atoms with Crippen molar-refractivity contribution in [2.24, 2.45) is 0 Å². The Hall–Kier alpha value is -2.59. The Kier molecular flexibility index (Phi) is 7.23. The lowest BCUT2D eigenvalue weighted by Gasteiger charge is -2.10. The molecule has 0 amide bonds. The molecular weight excluding hydrogens is 314 g/mol. The minimum absolute atomic E-state index is 0.0882. The number of carbonyl (C=O) groups excluding carboxylic acids is 1. The van der Waals surface area contributed by atoms with Crippen LogP contribution in [0.15, 0.2) is 54.6 Å². The van der Waals surface area contributed by atoms with Crippen molar-refractivity contribution in [3.8, 4) is 11.5 Å². The first-order chi connectivity index (χ1) is 12.1. The van der Waals surface area contributed by atoms with Gasteiger partial charge in [0.1, 0.15) is 11.5 Å². The molecular formula is C21H25NO3. The second kappa shape index (κ2) is 9.64. The molecule has 4 heteroatoms. The zero-order chi connectivity index (χ0) is 18.1. The van der Waals surface area contributed by atoms with Crippen molar-refractivity contribution in [2.45, 2.75) is 6.42 Å². The van der Waals surface area contributed by atoms with Gasteiger partial charge in [0.15, 0.2) is 5.78 Å². The summed E-state index contributed by atoms with van der Waals surface area (Å²) < 4.78 is 11.0. The Morgan fingerprint density at radius 1 is 1.12 bits per heavy atom. The molecule has 0 unspecified atom stereocenters. The highest BCUT2D eigenvalue weighted by molar-refractivity contribution is 6.08. The molecule has 0 aliphatic rings. The van der Waals surface area contributed by atoms with Gasteiger partial charge in [-0.2, -0.15) is 0 Å². The highest BCUT2D eigenvalue weighted by Crippen LogP contribution is 2.19. The predicted molar refractivity (Wildman–Crippen MR) is 101 cm³/mol. The van der Waals surface area contributed by atoms with Gasteiger partial charge in [0.2, 0.25) is 0 Å². The third kappa shape index (κ3) is 6.08. The van der Waals surface area contributed by atoms with Crippen LogP contribution in [0.4, 0.5) is 0 Å². The number of benzene rings is 2. The maximum Gasteiger partial charge on any atom is 0.189 e. The number of ether oxygens (including phenoxy) is 2. The van der Waals surface area contributed by atoms with Gasteiger partial charge in [0, 0.05) is 6.54 Å². The summed E-state index contributed by atoms with van der Waals surface area (Å²) in [5, 5.41) is 0. The summed E-state index contributed by atoms with van der Waals surface area (Å²) in [5.41, 5.74) is 1.48. The van der Waals surface area contributed by atoms with E-state index in [1.807, 2.05) is 50.5 Å². The third-order valence-corrected chi connectivity index (χ3v) is 3.68. The van der Waals surface area contributed by atoms with Crippen molar-refractivity contribution in [1.82, 2.24) is 4.90 Å². The van der Waals surface area contributed by atoms with Crippen LogP contribution in [0.2, 0.25) is 0 Å². The molecule has 132 valence electrons. The summed E-state index contributed by atoms with van der Waals surface area (Å²) in [5.74, 6) is 1.30. The van der Waals surface area contributed by atoms with Gasteiger partial charge < -0.3 is 14.4 Å². The van der Waals surface area contributed by atoms with Crippen LogP contribution >= 0.6 is 0 Å². The number of hydrogen-bond acceptors (Lipinski definition) is 4. The van der Waals surface area contributed by atoms with Crippen LogP contribution in [0.25, 0.3) is 6.08 Å².